The summed E-state index contributed by atoms with van der Waals surface area (Å²) in [6.07, 6.45) is 2.55. The molecule has 0 aliphatic rings. The molecule has 1 aromatic heterocycles. The SMILES string of the molecule is CCCOc1ccccc1Nc1ncnc2ccccc12. The number of hydrogen-bond acceptors (Lipinski definition) is 4. The van der Waals surface area contributed by atoms with Gasteiger partial charge in [-0.05, 0) is 30.7 Å². The Balaban J connectivity index is 1.95. The van der Waals surface area contributed by atoms with Gasteiger partial charge in [-0.1, -0.05) is 31.2 Å². The van der Waals surface area contributed by atoms with E-state index in [0.29, 0.717) is 6.61 Å². The Hall–Kier alpha value is -2.62. The maximum absolute atomic E-state index is 5.76. The Morgan fingerprint density at radius 1 is 1.00 bits per heavy atom. The predicted octanol–water partition coefficient (Wildman–Crippen LogP) is 4.16. The topological polar surface area (TPSA) is 47.0 Å². The summed E-state index contributed by atoms with van der Waals surface area (Å²) >= 11 is 0. The maximum Gasteiger partial charge on any atom is 0.142 e. The molecule has 1 N–H and O–H groups in total. The molecule has 0 bridgehead atoms. The zero-order chi connectivity index (χ0) is 14.5. The van der Waals surface area contributed by atoms with Crippen LogP contribution in [0.25, 0.3) is 10.9 Å². The fourth-order valence-electron chi connectivity index (χ4n) is 2.14. The third-order valence-corrected chi connectivity index (χ3v) is 3.14. The first-order chi connectivity index (χ1) is 10.4. The van der Waals surface area contributed by atoms with Crippen molar-refractivity contribution in [3.63, 3.8) is 0 Å². The zero-order valence-electron chi connectivity index (χ0n) is 11.9. The molecule has 3 rings (SSSR count). The molecule has 21 heavy (non-hydrogen) atoms. The lowest BCUT2D eigenvalue weighted by Crippen LogP contribution is -2.01. The highest BCUT2D eigenvalue weighted by molar-refractivity contribution is 5.90. The van der Waals surface area contributed by atoms with Gasteiger partial charge in [-0.25, -0.2) is 9.97 Å². The van der Waals surface area contributed by atoms with Gasteiger partial charge in [-0.2, -0.15) is 0 Å². The minimum Gasteiger partial charge on any atom is -0.491 e. The summed E-state index contributed by atoms with van der Waals surface area (Å²) in [5.74, 6) is 1.62. The number of rotatable bonds is 5. The molecule has 0 radical (unpaired) electrons. The number of benzene rings is 2. The average Bonchev–Trinajstić information content (AvgIpc) is 2.54. The molecule has 0 fully saturated rings. The largest absolute Gasteiger partial charge is 0.491 e. The second-order valence-electron chi connectivity index (χ2n) is 4.71. The molecule has 3 aromatic rings. The standard InChI is InChI=1S/C17H17N3O/c1-2-11-21-16-10-6-5-9-15(16)20-17-13-7-3-4-8-14(13)18-12-19-17/h3-10,12H,2,11H2,1H3,(H,18,19,20). The van der Waals surface area contributed by atoms with Crippen molar-refractivity contribution >= 4 is 22.4 Å². The smallest absolute Gasteiger partial charge is 0.142 e. The molecule has 0 aliphatic heterocycles. The predicted molar refractivity (Wildman–Crippen MR) is 85.0 cm³/mol. The number of nitrogens with zero attached hydrogens (tertiary/aromatic N) is 2. The maximum atomic E-state index is 5.76. The molecule has 0 amide bonds. The van der Waals surface area contributed by atoms with Crippen molar-refractivity contribution in [3.8, 4) is 5.75 Å². The van der Waals surface area contributed by atoms with Crippen molar-refractivity contribution in [1.82, 2.24) is 9.97 Å². The van der Waals surface area contributed by atoms with E-state index in [-0.39, 0.29) is 0 Å². The van der Waals surface area contributed by atoms with Crippen molar-refractivity contribution in [2.45, 2.75) is 13.3 Å². The van der Waals surface area contributed by atoms with Crippen LogP contribution in [-0.2, 0) is 0 Å². The Kier molecular flexibility index (Phi) is 3.96. The van der Waals surface area contributed by atoms with Gasteiger partial charge in [0, 0.05) is 5.39 Å². The quantitative estimate of drug-likeness (QED) is 0.761. The number of fused-ring (bicyclic) bond motifs is 1. The van der Waals surface area contributed by atoms with Gasteiger partial charge in [-0.3, -0.25) is 0 Å². The zero-order valence-corrected chi connectivity index (χ0v) is 11.9. The van der Waals surface area contributed by atoms with E-state index in [4.69, 9.17) is 4.74 Å². The summed E-state index contributed by atoms with van der Waals surface area (Å²) in [6.45, 7) is 2.79. The van der Waals surface area contributed by atoms with Gasteiger partial charge < -0.3 is 10.1 Å². The van der Waals surface area contributed by atoms with E-state index < -0.39 is 0 Å². The molecule has 1 heterocycles. The minimum absolute atomic E-state index is 0.698. The molecule has 0 unspecified atom stereocenters. The third kappa shape index (κ3) is 2.94. The van der Waals surface area contributed by atoms with Crippen LogP contribution in [0, 0.1) is 0 Å². The van der Waals surface area contributed by atoms with E-state index >= 15 is 0 Å². The molecule has 106 valence electrons. The highest BCUT2D eigenvalue weighted by Gasteiger charge is 2.07. The van der Waals surface area contributed by atoms with Gasteiger partial charge in [-0.15, -0.1) is 0 Å². The molecule has 0 saturated carbocycles. The van der Waals surface area contributed by atoms with E-state index in [1.165, 1.54) is 0 Å². The fourth-order valence-corrected chi connectivity index (χ4v) is 2.14. The van der Waals surface area contributed by atoms with Crippen LogP contribution in [0.5, 0.6) is 5.75 Å². The van der Waals surface area contributed by atoms with Crippen LogP contribution in [0.15, 0.2) is 54.9 Å². The van der Waals surface area contributed by atoms with E-state index in [9.17, 15) is 0 Å². The van der Waals surface area contributed by atoms with Gasteiger partial charge in [0.25, 0.3) is 0 Å². The van der Waals surface area contributed by atoms with Crippen molar-refractivity contribution in [2.75, 3.05) is 11.9 Å². The summed E-state index contributed by atoms with van der Waals surface area (Å²) in [4.78, 5) is 8.62. The number of ether oxygens (including phenoxy) is 1. The van der Waals surface area contributed by atoms with Gasteiger partial charge in [0.15, 0.2) is 0 Å². The van der Waals surface area contributed by atoms with E-state index in [1.807, 2.05) is 48.5 Å². The number of aromatic nitrogens is 2. The summed E-state index contributed by atoms with van der Waals surface area (Å²) in [7, 11) is 0. The summed E-state index contributed by atoms with van der Waals surface area (Å²) in [5, 5.41) is 4.34. The van der Waals surface area contributed by atoms with Crippen LogP contribution in [0.4, 0.5) is 11.5 Å². The van der Waals surface area contributed by atoms with Crippen molar-refractivity contribution in [1.29, 1.82) is 0 Å². The second kappa shape index (κ2) is 6.22. The number of anilines is 2. The van der Waals surface area contributed by atoms with Crippen LogP contribution < -0.4 is 10.1 Å². The van der Waals surface area contributed by atoms with Crippen molar-refractivity contribution < 1.29 is 4.74 Å². The summed E-state index contributed by atoms with van der Waals surface area (Å²) in [5.41, 5.74) is 1.83. The lowest BCUT2D eigenvalue weighted by atomic mass is 10.2. The first-order valence-corrected chi connectivity index (χ1v) is 7.07. The average molecular weight is 279 g/mol. The van der Waals surface area contributed by atoms with Crippen LogP contribution in [0.2, 0.25) is 0 Å². The minimum atomic E-state index is 0.698. The molecule has 4 nitrogen and oxygen atoms in total. The molecule has 4 heteroatoms. The number of hydrogen-bond donors (Lipinski definition) is 1. The monoisotopic (exact) mass is 279 g/mol. The fraction of sp³-hybridized carbons (Fsp3) is 0.176. The Morgan fingerprint density at radius 3 is 2.71 bits per heavy atom. The first-order valence-electron chi connectivity index (χ1n) is 7.07. The molecule has 0 spiro atoms. The normalized spacial score (nSPS) is 10.5. The van der Waals surface area contributed by atoms with E-state index in [0.717, 1.165) is 34.6 Å². The van der Waals surface area contributed by atoms with Gasteiger partial charge in [0.05, 0.1) is 17.8 Å². The number of nitrogens with one attached hydrogen (secondary N) is 1. The van der Waals surface area contributed by atoms with E-state index in [2.05, 4.69) is 22.2 Å². The Labute approximate surface area is 123 Å². The first kappa shape index (κ1) is 13.4. The summed E-state index contributed by atoms with van der Waals surface area (Å²) in [6, 6.07) is 15.8. The van der Waals surface area contributed by atoms with Gasteiger partial charge in [0.2, 0.25) is 0 Å². The van der Waals surface area contributed by atoms with Crippen LogP contribution in [0.1, 0.15) is 13.3 Å². The lowest BCUT2D eigenvalue weighted by molar-refractivity contribution is 0.319. The third-order valence-electron chi connectivity index (χ3n) is 3.14. The van der Waals surface area contributed by atoms with E-state index in [1.54, 1.807) is 6.33 Å². The van der Waals surface area contributed by atoms with Crippen LogP contribution in [-0.4, -0.2) is 16.6 Å². The molecule has 2 aromatic carbocycles. The van der Waals surface area contributed by atoms with Crippen molar-refractivity contribution in [2.24, 2.45) is 0 Å². The highest BCUT2D eigenvalue weighted by atomic mass is 16.5. The lowest BCUT2D eigenvalue weighted by Gasteiger charge is -2.13. The highest BCUT2D eigenvalue weighted by Crippen LogP contribution is 2.29. The van der Waals surface area contributed by atoms with Crippen LogP contribution in [0.3, 0.4) is 0 Å². The Morgan fingerprint density at radius 2 is 1.81 bits per heavy atom. The molecule has 0 saturated heterocycles. The molecular formula is C17H17N3O. The second-order valence-corrected chi connectivity index (χ2v) is 4.71. The molecular weight excluding hydrogens is 262 g/mol. The van der Waals surface area contributed by atoms with Gasteiger partial charge >= 0.3 is 0 Å². The van der Waals surface area contributed by atoms with Crippen molar-refractivity contribution in [3.05, 3.63) is 54.9 Å². The molecule has 0 aliphatic carbocycles. The number of para-hydroxylation sites is 3. The summed E-state index contributed by atoms with van der Waals surface area (Å²) < 4.78 is 5.76. The molecule has 0 atom stereocenters. The van der Waals surface area contributed by atoms with Gasteiger partial charge in [0.1, 0.15) is 17.9 Å². The Bertz CT molecular complexity index is 737. The van der Waals surface area contributed by atoms with Crippen LogP contribution >= 0.6 is 0 Å².